The first-order valence-corrected chi connectivity index (χ1v) is 12.3. The lowest BCUT2D eigenvalue weighted by Gasteiger charge is -2.33. The Bertz CT molecular complexity index is 1580. The highest BCUT2D eigenvalue weighted by atomic mass is 19.1. The number of fused-ring (bicyclic) bond motifs is 1. The Morgan fingerprint density at radius 2 is 1.92 bits per heavy atom. The van der Waals surface area contributed by atoms with Gasteiger partial charge in [-0.1, -0.05) is 0 Å². The van der Waals surface area contributed by atoms with Crippen LogP contribution in [0.4, 0.5) is 10.3 Å². The summed E-state index contributed by atoms with van der Waals surface area (Å²) >= 11 is 0. The molecule has 0 unspecified atom stereocenters. The minimum Gasteiger partial charge on any atom is -0.497 e. The molecule has 6 rings (SSSR count). The van der Waals surface area contributed by atoms with Gasteiger partial charge in [-0.15, -0.1) is 0 Å². The number of hydrogen-bond donors (Lipinski definition) is 1. The number of imidazole rings is 1. The van der Waals surface area contributed by atoms with Gasteiger partial charge in [-0.3, -0.25) is 9.20 Å². The second kappa shape index (κ2) is 9.97. The zero-order valence-electron chi connectivity index (χ0n) is 20.7. The maximum atomic E-state index is 13.5. The fraction of sp³-hybridized carbons (Fsp3) is 0.214. The smallest absolute Gasteiger partial charge is 0.306 e. The van der Waals surface area contributed by atoms with Gasteiger partial charge in [-0.05, 0) is 67.4 Å². The number of methoxy groups -OCH3 is 1. The number of rotatable bonds is 6. The van der Waals surface area contributed by atoms with E-state index in [1.807, 2.05) is 4.90 Å². The Balaban J connectivity index is 1.24. The number of ether oxygens (including phenoxy) is 1. The number of aromatic nitrogens is 4. The van der Waals surface area contributed by atoms with Crippen LogP contribution in [0.2, 0.25) is 0 Å². The Morgan fingerprint density at radius 1 is 1.11 bits per heavy atom. The summed E-state index contributed by atoms with van der Waals surface area (Å²) < 4.78 is 26.1. The van der Waals surface area contributed by atoms with Crippen LogP contribution in [0.3, 0.4) is 0 Å². The van der Waals surface area contributed by atoms with E-state index in [0.717, 1.165) is 18.4 Å². The van der Waals surface area contributed by atoms with Gasteiger partial charge < -0.3 is 19.4 Å². The molecular formula is C28H25FN6O3. The molecule has 1 fully saturated rings. The quantitative estimate of drug-likeness (QED) is 0.345. The van der Waals surface area contributed by atoms with Crippen molar-refractivity contribution in [1.29, 1.82) is 0 Å². The van der Waals surface area contributed by atoms with Crippen molar-refractivity contribution in [3.63, 3.8) is 0 Å². The number of piperidine rings is 1. The summed E-state index contributed by atoms with van der Waals surface area (Å²) in [6.07, 6.45) is 6.76. The molecule has 9 nitrogen and oxygen atoms in total. The van der Waals surface area contributed by atoms with E-state index in [-0.39, 0.29) is 17.8 Å². The summed E-state index contributed by atoms with van der Waals surface area (Å²) in [4.78, 5) is 28.7. The third kappa shape index (κ3) is 4.56. The van der Waals surface area contributed by atoms with Crippen molar-refractivity contribution in [1.82, 2.24) is 24.3 Å². The molecule has 1 saturated heterocycles. The van der Waals surface area contributed by atoms with Crippen LogP contribution in [0.1, 0.15) is 23.2 Å². The Hall–Kier alpha value is -4.73. The van der Waals surface area contributed by atoms with Gasteiger partial charge in [0.05, 0.1) is 12.8 Å². The van der Waals surface area contributed by atoms with E-state index < -0.39 is 0 Å². The van der Waals surface area contributed by atoms with Crippen LogP contribution in [0.5, 0.6) is 5.75 Å². The van der Waals surface area contributed by atoms with Gasteiger partial charge in [0.1, 0.15) is 29.2 Å². The van der Waals surface area contributed by atoms with Gasteiger partial charge in [-0.2, -0.15) is 4.98 Å². The first-order chi connectivity index (χ1) is 18.6. The maximum absolute atomic E-state index is 13.5. The van der Waals surface area contributed by atoms with Gasteiger partial charge in [0.25, 0.3) is 5.91 Å². The highest BCUT2D eigenvalue weighted by Gasteiger charge is 2.26. The third-order valence-corrected chi connectivity index (χ3v) is 6.66. The monoisotopic (exact) mass is 512 g/mol. The van der Waals surface area contributed by atoms with Crippen LogP contribution in [0, 0.1) is 5.82 Å². The standard InChI is InChI=1S/C28H25FN6O3/c1-37-22-10-6-19(7-11-22)26(36)34-14-2-3-21(17-34)31-27-30-13-12-23(32-27)25-24(18-4-8-20(29)9-5-18)33-28-35(25)15-16-38-28/h4-13,15-16,21H,2-3,14,17H2,1H3,(H,30,31,32)/t21-/m1/s1. The number of amides is 1. The van der Waals surface area contributed by atoms with E-state index in [0.29, 0.717) is 53.3 Å². The average molecular weight is 513 g/mol. The molecule has 0 aliphatic carbocycles. The van der Waals surface area contributed by atoms with Crippen LogP contribution in [0.15, 0.2) is 77.7 Å². The molecule has 1 aliphatic heterocycles. The molecular weight excluding hydrogens is 487 g/mol. The summed E-state index contributed by atoms with van der Waals surface area (Å²) in [7, 11) is 1.60. The molecule has 192 valence electrons. The summed E-state index contributed by atoms with van der Waals surface area (Å²) in [6, 6.07) is 15.1. The van der Waals surface area contributed by atoms with Crippen molar-refractivity contribution < 1.29 is 18.3 Å². The topological polar surface area (TPSA) is 97.8 Å². The number of nitrogens with one attached hydrogen (secondary N) is 1. The number of carbonyl (C=O) groups is 1. The lowest BCUT2D eigenvalue weighted by atomic mass is 10.0. The molecule has 10 heteroatoms. The van der Waals surface area contributed by atoms with E-state index in [9.17, 15) is 9.18 Å². The normalized spacial score (nSPS) is 15.5. The number of oxazole rings is 1. The summed E-state index contributed by atoms with van der Waals surface area (Å²) in [5, 5.41) is 3.41. The van der Waals surface area contributed by atoms with Crippen LogP contribution in [-0.2, 0) is 0 Å². The molecule has 3 aromatic heterocycles. The van der Waals surface area contributed by atoms with Crippen LogP contribution in [0.25, 0.3) is 28.5 Å². The fourth-order valence-corrected chi connectivity index (χ4v) is 4.78. The zero-order valence-corrected chi connectivity index (χ0v) is 20.7. The number of carbonyl (C=O) groups excluding carboxylic acids is 1. The Labute approximate surface area is 217 Å². The van der Waals surface area contributed by atoms with Crippen LogP contribution >= 0.6 is 0 Å². The largest absolute Gasteiger partial charge is 0.497 e. The third-order valence-electron chi connectivity index (χ3n) is 6.66. The van der Waals surface area contributed by atoms with E-state index in [1.54, 1.807) is 72.6 Å². The lowest BCUT2D eigenvalue weighted by Crippen LogP contribution is -2.45. The number of hydrogen-bond acceptors (Lipinski definition) is 7. The predicted octanol–water partition coefficient (Wildman–Crippen LogP) is 4.92. The lowest BCUT2D eigenvalue weighted by molar-refractivity contribution is 0.0714. The molecule has 1 amide bonds. The number of nitrogens with zero attached hydrogens (tertiary/aromatic N) is 5. The highest BCUT2D eigenvalue weighted by molar-refractivity contribution is 5.94. The average Bonchev–Trinajstić information content (AvgIpc) is 3.55. The SMILES string of the molecule is COc1ccc(C(=O)N2CCC[C@@H](Nc3nccc(-c4c(-c5ccc(F)cc5)nc5occn45)n3)C2)cc1. The molecule has 1 N–H and O–H groups in total. The minimum absolute atomic E-state index is 0.00264. The molecule has 4 heterocycles. The molecule has 0 radical (unpaired) electrons. The Kier molecular flexibility index (Phi) is 6.20. The fourth-order valence-electron chi connectivity index (χ4n) is 4.78. The zero-order chi connectivity index (χ0) is 26.1. The number of benzene rings is 2. The van der Waals surface area contributed by atoms with Crippen molar-refractivity contribution >= 4 is 17.7 Å². The summed E-state index contributed by atoms with van der Waals surface area (Å²) in [6.45, 7) is 1.23. The van der Waals surface area contributed by atoms with Gasteiger partial charge in [0, 0.05) is 42.7 Å². The van der Waals surface area contributed by atoms with Crippen molar-refractivity contribution in [2.24, 2.45) is 0 Å². The number of halogens is 1. The van der Waals surface area contributed by atoms with E-state index in [4.69, 9.17) is 14.1 Å². The highest BCUT2D eigenvalue weighted by Crippen LogP contribution is 2.32. The van der Waals surface area contributed by atoms with Crippen molar-refractivity contribution in [3.8, 4) is 28.4 Å². The van der Waals surface area contributed by atoms with Crippen LogP contribution < -0.4 is 10.1 Å². The van der Waals surface area contributed by atoms with Gasteiger partial charge in [0.15, 0.2) is 0 Å². The van der Waals surface area contributed by atoms with E-state index >= 15 is 0 Å². The Morgan fingerprint density at radius 3 is 2.71 bits per heavy atom. The first-order valence-electron chi connectivity index (χ1n) is 12.3. The molecule has 38 heavy (non-hydrogen) atoms. The minimum atomic E-state index is -0.321. The maximum Gasteiger partial charge on any atom is 0.306 e. The molecule has 0 spiro atoms. The summed E-state index contributed by atoms with van der Waals surface area (Å²) in [5.74, 6) is 1.24. The first kappa shape index (κ1) is 23.7. The predicted molar refractivity (Wildman–Crippen MR) is 139 cm³/mol. The van der Waals surface area contributed by atoms with Gasteiger partial charge in [0.2, 0.25) is 5.95 Å². The molecule has 0 saturated carbocycles. The molecule has 1 aliphatic rings. The molecule has 1 atom stereocenters. The second-order valence-electron chi connectivity index (χ2n) is 9.10. The number of anilines is 1. The molecule has 0 bridgehead atoms. The summed E-state index contributed by atoms with van der Waals surface area (Å²) in [5.41, 5.74) is 3.35. The second-order valence-corrected chi connectivity index (χ2v) is 9.10. The number of likely N-dealkylation sites (tertiary alicyclic amines) is 1. The van der Waals surface area contributed by atoms with Crippen LogP contribution in [-0.4, -0.2) is 56.4 Å². The van der Waals surface area contributed by atoms with Crippen molar-refractivity contribution in [2.75, 3.05) is 25.5 Å². The van der Waals surface area contributed by atoms with Crippen molar-refractivity contribution in [3.05, 3.63) is 84.6 Å². The van der Waals surface area contributed by atoms with E-state index in [1.165, 1.54) is 12.1 Å². The molecule has 5 aromatic rings. The van der Waals surface area contributed by atoms with Gasteiger partial charge >= 0.3 is 5.84 Å². The molecule has 2 aromatic carbocycles. The van der Waals surface area contributed by atoms with Crippen molar-refractivity contribution in [2.45, 2.75) is 18.9 Å². The van der Waals surface area contributed by atoms with Gasteiger partial charge in [-0.25, -0.2) is 14.4 Å². The van der Waals surface area contributed by atoms with E-state index in [2.05, 4.69) is 15.3 Å².